The van der Waals surface area contributed by atoms with E-state index < -0.39 is 30.6 Å². The number of halogens is 8. The molecule has 2 aromatic heterocycles. The van der Waals surface area contributed by atoms with E-state index >= 15 is 0 Å². The van der Waals surface area contributed by atoms with Crippen LogP contribution in [-0.4, -0.2) is 51.5 Å². The van der Waals surface area contributed by atoms with Crippen LogP contribution in [0.5, 0.6) is 11.5 Å². The number of hydrogen-bond acceptors (Lipinski definition) is 11. The number of carbonyl (C=O) groups excluding carboxylic acids is 2. The van der Waals surface area contributed by atoms with Gasteiger partial charge in [-0.1, -0.05) is 29.8 Å². The molecule has 1 atom stereocenters. The van der Waals surface area contributed by atoms with Gasteiger partial charge in [-0.2, -0.15) is 0 Å². The van der Waals surface area contributed by atoms with E-state index in [4.69, 9.17) is 37.8 Å². The summed E-state index contributed by atoms with van der Waals surface area (Å²) in [4.78, 5) is 24.5. The predicted octanol–water partition coefficient (Wildman–Crippen LogP) is 8.41. The predicted molar refractivity (Wildman–Crippen MR) is 191 cm³/mol. The number of nitrogens with zero attached hydrogens (tertiary/aromatic N) is 4. The molecule has 21 heteroatoms. The van der Waals surface area contributed by atoms with E-state index in [1.165, 1.54) is 36.4 Å². The van der Waals surface area contributed by atoms with Crippen molar-refractivity contribution in [1.29, 1.82) is 0 Å². The van der Waals surface area contributed by atoms with Crippen LogP contribution in [0.1, 0.15) is 38.5 Å². The lowest BCUT2D eigenvalue weighted by atomic mass is 10.2. The molecule has 0 aliphatic carbocycles. The molecule has 0 aliphatic rings. The Kier molecular flexibility index (Phi) is 13.2. The highest BCUT2D eigenvalue weighted by molar-refractivity contribution is 6.31. The fourth-order valence-electron chi connectivity index (χ4n) is 4.48. The number of nitrogens with two attached hydrogens (primary N) is 1. The van der Waals surface area contributed by atoms with Crippen LogP contribution in [0.15, 0.2) is 112 Å². The third-order valence-electron chi connectivity index (χ3n) is 7.11. The maximum absolute atomic E-state index is 12.3. The fourth-order valence-corrected chi connectivity index (χ4v) is 4.73. The largest absolute Gasteiger partial charge is 0.573 e. The Balaban J connectivity index is 0.000000218. The van der Waals surface area contributed by atoms with Gasteiger partial charge in [-0.05, 0) is 97.1 Å². The third-order valence-corrected chi connectivity index (χ3v) is 7.61. The maximum Gasteiger partial charge on any atom is 0.573 e. The lowest BCUT2D eigenvalue weighted by Gasteiger charge is -2.13. The molecule has 2 amide bonds. The van der Waals surface area contributed by atoms with Gasteiger partial charge >= 0.3 is 12.7 Å². The third kappa shape index (κ3) is 12.3. The molecule has 13 nitrogen and oxygen atoms in total. The summed E-state index contributed by atoms with van der Waals surface area (Å²) in [5.74, 6) is -1.52. The molecule has 0 aliphatic heterocycles. The monoisotopic (exact) mass is 835 g/mol. The standard InChI is InChI=1S/C18H14ClF3N4O3.C18H11ClF3N3O3/c19-12-5-1-10(2-6-12)15(27)24-14(9-23)17-26-25-16(28-17)11-3-7-13(8-4-11)29-18(20,21)22;1-10(23-15(26)11-2-6-13(19)7-3-11)16-24-25-17(27-16)12-4-8-14(9-5-12)28-18(20,21)22/h1-8,14H,9,23H2,(H,24,27);2-9H,1H2,(H,23,26). The summed E-state index contributed by atoms with van der Waals surface area (Å²) in [7, 11) is 0. The van der Waals surface area contributed by atoms with Crippen molar-refractivity contribution in [2.24, 2.45) is 5.73 Å². The topological polar surface area (TPSA) is 181 Å². The Morgan fingerprint density at radius 3 is 1.56 bits per heavy atom. The minimum absolute atomic E-state index is 0.0146. The van der Waals surface area contributed by atoms with Gasteiger partial charge in [0.05, 0.1) is 5.70 Å². The number of aromatic nitrogens is 4. The van der Waals surface area contributed by atoms with Gasteiger partial charge in [-0.3, -0.25) is 9.59 Å². The van der Waals surface area contributed by atoms with Gasteiger partial charge in [-0.25, -0.2) is 0 Å². The summed E-state index contributed by atoms with van der Waals surface area (Å²) < 4.78 is 91.8. The molecule has 4 aromatic carbocycles. The van der Waals surface area contributed by atoms with Gasteiger partial charge in [0.25, 0.3) is 17.7 Å². The summed E-state index contributed by atoms with van der Waals surface area (Å²) >= 11 is 11.6. The average molecular weight is 837 g/mol. The zero-order valence-electron chi connectivity index (χ0n) is 28.6. The summed E-state index contributed by atoms with van der Waals surface area (Å²) in [6.45, 7) is 3.66. The van der Waals surface area contributed by atoms with Gasteiger partial charge in [0, 0.05) is 38.8 Å². The van der Waals surface area contributed by atoms with E-state index in [-0.39, 0.29) is 47.3 Å². The summed E-state index contributed by atoms with van der Waals surface area (Å²) in [6.07, 6.45) is -9.56. The van der Waals surface area contributed by atoms with Crippen LogP contribution in [-0.2, 0) is 0 Å². The minimum Gasteiger partial charge on any atom is -0.418 e. The average Bonchev–Trinajstić information content (AvgIpc) is 3.86. The molecule has 0 radical (unpaired) electrons. The van der Waals surface area contributed by atoms with Crippen molar-refractivity contribution < 1.29 is 54.2 Å². The van der Waals surface area contributed by atoms with Crippen LogP contribution in [0.2, 0.25) is 10.0 Å². The highest BCUT2D eigenvalue weighted by Crippen LogP contribution is 2.28. The number of rotatable bonds is 11. The zero-order chi connectivity index (χ0) is 41.3. The highest BCUT2D eigenvalue weighted by Gasteiger charge is 2.32. The second-order valence-corrected chi connectivity index (χ2v) is 12.1. The van der Waals surface area contributed by atoms with E-state index in [1.807, 2.05) is 0 Å². The molecular weight excluding hydrogens is 811 g/mol. The Morgan fingerprint density at radius 1 is 0.667 bits per heavy atom. The van der Waals surface area contributed by atoms with Crippen molar-refractivity contribution in [2.75, 3.05) is 6.54 Å². The molecule has 0 fully saturated rings. The lowest BCUT2D eigenvalue weighted by Crippen LogP contribution is -2.33. The van der Waals surface area contributed by atoms with Crippen LogP contribution >= 0.6 is 23.2 Å². The van der Waals surface area contributed by atoms with E-state index in [1.54, 1.807) is 36.4 Å². The molecule has 57 heavy (non-hydrogen) atoms. The Morgan fingerprint density at radius 2 is 1.11 bits per heavy atom. The highest BCUT2D eigenvalue weighted by atomic mass is 35.5. The number of ether oxygens (including phenoxy) is 2. The molecule has 0 saturated heterocycles. The second kappa shape index (κ2) is 18.0. The molecule has 0 spiro atoms. The number of hydrogen-bond donors (Lipinski definition) is 3. The molecule has 0 saturated carbocycles. The van der Waals surface area contributed by atoms with E-state index in [0.29, 0.717) is 32.3 Å². The molecule has 6 rings (SSSR count). The maximum atomic E-state index is 12.3. The number of nitrogens with one attached hydrogen (secondary N) is 2. The summed E-state index contributed by atoms with van der Waals surface area (Å²) in [6, 6.07) is 21.5. The number of benzene rings is 4. The molecular formula is C36H25Cl2F6N7O6. The molecule has 296 valence electrons. The number of alkyl halides is 6. The minimum atomic E-state index is -4.78. The van der Waals surface area contributed by atoms with E-state index in [2.05, 4.69) is 47.1 Å². The number of carbonyl (C=O) groups is 2. The van der Waals surface area contributed by atoms with Gasteiger partial charge in [-0.15, -0.1) is 46.7 Å². The summed E-state index contributed by atoms with van der Waals surface area (Å²) in [5.41, 5.74) is 7.22. The van der Waals surface area contributed by atoms with Crippen LogP contribution in [0.3, 0.4) is 0 Å². The van der Waals surface area contributed by atoms with Crippen molar-refractivity contribution in [3.8, 4) is 34.4 Å². The smallest absolute Gasteiger partial charge is 0.418 e. The normalized spacial score (nSPS) is 11.8. The molecule has 1 unspecified atom stereocenters. The zero-order valence-corrected chi connectivity index (χ0v) is 30.1. The van der Waals surface area contributed by atoms with E-state index in [9.17, 15) is 35.9 Å². The number of amides is 2. The van der Waals surface area contributed by atoms with Crippen molar-refractivity contribution in [3.63, 3.8) is 0 Å². The molecule has 4 N–H and O–H groups in total. The van der Waals surface area contributed by atoms with Crippen molar-refractivity contribution in [3.05, 3.63) is 137 Å². The van der Waals surface area contributed by atoms with Crippen LogP contribution in [0.25, 0.3) is 28.6 Å². The first-order chi connectivity index (χ1) is 27.0. The first-order valence-corrected chi connectivity index (χ1v) is 16.6. The van der Waals surface area contributed by atoms with Crippen LogP contribution in [0.4, 0.5) is 26.3 Å². The Hall–Kier alpha value is -6.44. The molecule has 0 bridgehead atoms. The van der Waals surface area contributed by atoms with E-state index in [0.717, 1.165) is 24.3 Å². The van der Waals surface area contributed by atoms with Crippen molar-refractivity contribution >= 4 is 40.7 Å². The van der Waals surface area contributed by atoms with Gasteiger partial charge in [0.1, 0.15) is 17.5 Å². The molecule has 6 aromatic rings. The Labute approximate surface area is 327 Å². The first kappa shape index (κ1) is 41.7. The van der Waals surface area contributed by atoms with Crippen LogP contribution in [0, 0.1) is 0 Å². The lowest BCUT2D eigenvalue weighted by molar-refractivity contribution is -0.275. The SMILES string of the molecule is C=C(NC(=O)c1ccc(Cl)cc1)c1nnc(-c2ccc(OC(F)(F)F)cc2)o1.NCC(NC(=O)c1ccc(Cl)cc1)c1nnc(-c2ccc(OC(F)(F)F)cc2)o1. The second-order valence-electron chi connectivity index (χ2n) is 11.2. The van der Waals surface area contributed by atoms with Crippen LogP contribution < -0.4 is 25.8 Å². The van der Waals surface area contributed by atoms with Gasteiger partial charge < -0.3 is 34.7 Å². The molecule has 2 heterocycles. The fraction of sp³-hybridized carbons (Fsp3) is 0.111. The quantitative estimate of drug-likeness (QED) is 0.107. The van der Waals surface area contributed by atoms with Crippen molar-refractivity contribution in [1.82, 2.24) is 31.0 Å². The van der Waals surface area contributed by atoms with Gasteiger partial charge in [0.2, 0.25) is 17.7 Å². The van der Waals surface area contributed by atoms with Crippen molar-refractivity contribution in [2.45, 2.75) is 18.8 Å². The first-order valence-electron chi connectivity index (χ1n) is 15.9. The summed E-state index contributed by atoms with van der Waals surface area (Å²) in [5, 5.41) is 21.4. The van der Waals surface area contributed by atoms with Gasteiger partial charge in [0.15, 0.2) is 0 Å². The Bertz CT molecular complexity index is 2300.